The molecule has 0 heterocycles. The average Bonchev–Trinajstić information content (AvgIpc) is 2.59. The van der Waals surface area contributed by atoms with Gasteiger partial charge in [-0.25, -0.2) is 0 Å². The quantitative estimate of drug-likeness (QED) is 0.595. The molecule has 2 N–H and O–H groups in total. The van der Waals surface area contributed by atoms with E-state index in [1.807, 2.05) is 0 Å². The van der Waals surface area contributed by atoms with Crippen LogP contribution in [0.1, 0.15) is 20.8 Å². The largest absolute Gasteiger partial charge is 0.477 e. The van der Waals surface area contributed by atoms with Crippen LogP contribution in [0, 0.1) is 15.5 Å². The van der Waals surface area contributed by atoms with Crippen molar-refractivity contribution in [3.05, 3.63) is 58.6 Å². The van der Waals surface area contributed by atoms with Gasteiger partial charge in [-0.3, -0.25) is 19.7 Å². The maximum absolute atomic E-state index is 12.1. The molecular formula is C19H21N3O5. The summed E-state index contributed by atoms with van der Waals surface area (Å²) in [6, 6.07) is 12.5. The highest BCUT2D eigenvalue weighted by molar-refractivity contribution is 5.96. The van der Waals surface area contributed by atoms with E-state index in [9.17, 15) is 19.7 Å². The van der Waals surface area contributed by atoms with Crippen LogP contribution < -0.4 is 15.4 Å². The van der Waals surface area contributed by atoms with Crippen LogP contribution in [-0.4, -0.2) is 23.3 Å². The summed E-state index contributed by atoms with van der Waals surface area (Å²) in [5.74, 6) is -0.609. The van der Waals surface area contributed by atoms with Gasteiger partial charge in [0, 0.05) is 22.9 Å². The minimum Gasteiger partial charge on any atom is -0.477 e. The lowest BCUT2D eigenvalue weighted by Gasteiger charge is -2.18. The molecular weight excluding hydrogens is 350 g/mol. The number of nitrogens with zero attached hydrogens (tertiary/aromatic N) is 1. The molecule has 8 heteroatoms. The number of anilines is 2. The summed E-state index contributed by atoms with van der Waals surface area (Å²) < 4.78 is 5.25. The third kappa shape index (κ3) is 5.81. The monoisotopic (exact) mass is 371 g/mol. The standard InChI is InChI=1S/C19H21N3O5/c1-19(2,3)18(24)21-14-8-6-7-13(11-14)20-17(23)12-27-16-10-5-4-9-15(16)22(25)26/h4-11H,12H2,1-3H3,(H,20,23)(H,21,24). The van der Waals surface area contributed by atoms with E-state index < -0.39 is 16.2 Å². The van der Waals surface area contributed by atoms with E-state index >= 15 is 0 Å². The summed E-state index contributed by atoms with van der Waals surface area (Å²) in [6.45, 7) is 5.01. The molecule has 2 aromatic carbocycles. The Kier molecular flexibility index (Phi) is 6.12. The number of hydrogen-bond acceptors (Lipinski definition) is 5. The van der Waals surface area contributed by atoms with Gasteiger partial charge < -0.3 is 15.4 Å². The summed E-state index contributed by atoms with van der Waals surface area (Å²) in [6.07, 6.45) is 0. The van der Waals surface area contributed by atoms with Crippen molar-refractivity contribution in [1.29, 1.82) is 0 Å². The average molecular weight is 371 g/mol. The van der Waals surface area contributed by atoms with Crippen LogP contribution in [0.4, 0.5) is 17.1 Å². The number of nitro groups is 1. The molecule has 142 valence electrons. The van der Waals surface area contributed by atoms with E-state index in [2.05, 4.69) is 10.6 Å². The number of carbonyl (C=O) groups is 2. The molecule has 0 radical (unpaired) electrons. The van der Waals surface area contributed by atoms with Gasteiger partial charge in [0.15, 0.2) is 12.4 Å². The fourth-order valence-corrected chi connectivity index (χ4v) is 2.06. The van der Waals surface area contributed by atoms with Gasteiger partial charge in [0.2, 0.25) is 5.91 Å². The first kappa shape index (κ1) is 19.9. The smallest absolute Gasteiger partial charge is 0.310 e. The second kappa shape index (κ2) is 8.31. The van der Waals surface area contributed by atoms with Crippen LogP contribution in [0.5, 0.6) is 5.75 Å². The molecule has 0 bridgehead atoms. The van der Waals surface area contributed by atoms with Gasteiger partial charge >= 0.3 is 5.69 Å². The number of amides is 2. The lowest BCUT2D eigenvalue weighted by molar-refractivity contribution is -0.385. The first-order valence-electron chi connectivity index (χ1n) is 8.24. The minimum absolute atomic E-state index is 0.0174. The molecule has 0 saturated carbocycles. The van der Waals surface area contributed by atoms with Gasteiger partial charge in [-0.15, -0.1) is 0 Å². The van der Waals surface area contributed by atoms with Crippen molar-refractivity contribution in [3.8, 4) is 5.75 Å². The third-order valence-corrected chi connectivity index (χ3v) is 3.51. The Morgan fingerprint density at radius 3 is 2.30 bits per heavy atom. The topological polar surface area (TPSA) is 111 Å². The summed E-state index contributed by atoms with van der Waals surface area (Å²) in [7, 11) is 0. The van der Waals surface area contributed by atoms with E-state index in [0.29, 0.717) is 11.4 Å². The summed E-state index contributed by atoms with van der Waals surface area (Å²) >= 11 is 0. The van der Waals surface area contributed by atoms with Gasteiger partial charge in [0.05, 0.1) is 4.92 Å². The maximum atomic E-state index is 12.1. The van der Waals surface area contributed by atoms with E-state index in [0.717, 1.165) is 0 Å². The molecule has 2 aromatic rings. The van der Waals surface area contributed by atoms with Gasteiger partial charge in [-0.05, 0) is 24.3 Å². The van der Waals surface area contributed by atoms with Crippen LogP contribution in [-0.2, 0) is 9.59 Å². The fraction of sp³-hybridized carbons (Fsp3) is 0.263. The van der Waals surface area contributed by atoms with Crippen LogP contribution in [0.3, 0.4) is 0 Å². The molecule has 0 atom stereocenters. The van der Waals surface area contributed by atoms with Crippen molar-refractivity contribution < 1.29 is 19.2 Å². The fourth-order valence-electron chi connectivity index (χ4n) is 2.06. The number of nitro benzene ring substituents is 1. The highest BCUT2D eigenvalue weighted by Crippen LogP contribution is 2.25. The second-order valence-electron chi connectivity index (χ2n) is 6.85. The van der Waals surface area contributed by atoms with Gasteiger partial charge in [0.25, 0.3) is 5.91 Å². The van der Waals surface area contributed by atoms with Crippen molar-refractivity contribution >= 4 is 28.9 Å². The maximum Gasteiger partial charge on any atom is 0.310 e. The molecule has 0 aliphatic carbocycles. The molecule has 0 fully saturated rings. The van der Waals surface area contributed by atoms with Crippen molar-refractivity contribution in [2.24, 2.45) is 5.41 Å². The number of hydrogen-bond donors (Lipinski definition) is 2. The Morgan fingerprint density at radius 2 is 1.67 bits per heavy atom. The number of rotatable bonds is 6. The Labute approximate surface area is 156 Å². The molecule has 0 saturated heterocycles. The third-order valence-electron chi connectivity index (χ3n) is 3.51. The summed E-state index contributed by atoms with van der Waals surface area (Å²) in [4.78, 5) is 34.5. The van der Waals surface area contributed by atoms with E-state index in [4.69, 9.17) is 4.74 Å². The molecule has 0 aromatic heterocycles. The van der Waals surface area contributed by atoms with Crippen molar-refractivity contribution in [1.82, 2.24) is 0 Å². The van der Waals surface area contributed by atoms with Gasteiger partial charge in [0.1, 0.15) is 0 Å². The molecule has 0 aliphatic rings. The summed E-state index contributed by atoms with van der Waals surface area (Å²) in [5, 5.41) is 16.3. The predicted octanol–water partition coefficient (Wildman–Crippen LogP) is 3.60. The second-order valence-corrected chi connectivity index (χ2v) is 6.85. The van der Waals surface area contributed by atoms with Crippen LogP contribution in [0.25, 0.3) is 0 Å². The van der Waals surface area contributed by atoms with E-state index in [-0.39, 0.29) is 24.0 Å². The Balaban J connectivity index is 1.98. The van der Waals surface area contributed by atoms with E-state index in [1.165, 1.54) is 18.2 Å². The number of ether oxygens (including phenoxy) is 1. The van der Waals surface area contributed by atoms with Crippen LogP contribution >= 0.6 is 0 Å². The molecule has 0 unspecified atom stereocenters. The SMILES string of the molecule is CC(C)(C)C(=O)Nc1cccc(NC(=O)COc2ccccc2[N+](=O)[O-])c1. The zero-order valence-electron chi connectivity index (χ0n) is 15.3. The number of para-hydroxylation sites is 2. The number of nitrogens with one attached hydrogen (secondary N) is 2. The van der Waals surface area contributed by atoms with Gasteiger partial charge in [-0.1, -0.05) is 39.0 Å². The number of carbonyl (C=O) groups excluding carboxylic acids is 2. The zero-order chi connectivity index (χ0) is 20.0. The van der Waals surface area contributed by atoms with Crippen molar-refractivity contribution in [3.63, 3.8) is 0 Å². The number of benzene rings is 2. The van der Waals surface area contributed by atoms with Crippen molar-refractivity contribution in [2.75, 3.05) is 17.2 Å². The Hall–Kier alpha value is -3.42. The first-order valence-corrected chi connectivity index (χ1v) is 8.24. The lowest BCUT2D eigenvalue weighted by Crippen LogP contribution is -2.27. The van der Waals surface area contributed by atoms with E-state index in [1.54, 1.807) is 51.1 Å². The Bertz CT molecular complexity index is 858. The molecule has 0 spiro atoms. The zero-order valence-corrected chi connectivity index (χ0v) is 15.3. The molecule has 8 nitrogen and oxygen atoms in total. The molecule has 0 aliphatic heterocycles. The van der Waals surface area contributed by atoms with Crippen molar-refractivity contribution in [2.45, 2.75) is 20.8 Å². The van der Waals surface area contributed by atoms with Crippen LogP contribution in [0.2, 0.25) is 0 Å². The highest BCUT2D eigenvalue weighted by atomic mass is 16.6. The van der Waals surface area contributed by atoms with Crippen LogP contribution in [0.15, 0.2) is 48.5 Å². The molecule has 2 rings (SSSR count). The highest BCUT2D eigenvalue weighted by Gasteiger charge is 2.21. The van der Waals surface area contributed by atoms with Gasteiger partial charge in [-0.2, -0.15) is 0 Å². The first-order chi connectivity index (χ1) is 12.7. The predicted molar refractivity (Wildman–Crippen MR) is 102 cm³/mol. The normalized spacial score (nSPS) is 10.8. The molecule has 2 amide bonds. The molecule has 27 heavy (non-hydrogen) atoms. The summed E-state index contributed by atoms with van der Waals surface area (Å²) in [5.41, 5.74) is 0.264. The lowest BCUT2D eigenvalue weighted by atomic mass is 9.95. The Morgan fingerprint density at radius 1 is 1.04 bits per heavy atom. The minimum atomic E-state index is -0.575.